The first-order valence-electron chi connectivity index (χ1n) is 5.28. The van der Waals surface area contributed by atoms with Crippen LogP contribution in [-0.2, 0) is 0 Å². The predicted octanol–water partition coefficient (Wildman–Crippen LogP) is 4.14. The third kappa shape index (κ3) is 2.63. The molecule has 0 radical (unpaired) electrons. The Kier molecular flexibility index (Phi) is 3.29. The van der Waals surface area contributed by atoms with E-state index in [0.717, 1.165) is 4.88 Å². The molecule has 1 rings (SSSR count). The summed E-state index contributed by atoms with van der Waals surface area (Å²) in [6.07, 6.45) is 0. The summed E-state index contributed by atoms with van der Waals surface area (Å²) in [6, 6.07) is 2.24. The monoisotopic (exact) mass is 223 g/mol. The van der Waals surface area contributed by atoms with E-state index in [0.29, 0.717) is 17.0 Å². The van der Waals surface area contributed by atoms with Crippen LogP contribution in [0.4, 0.5) is 0 Å². The van der Waals surface area contributed by atoms with Crippen molar-refractivity contribution in [1.29, 1.82) is 0 Å². The van der Waals surface area contributed by atoms with E-state index in [1.807, 2.05) is 0 Å². The maximum absolute atomic E-state index is 5.75. The maximum Gasteiger partial charge on any atom is 0.0525 e. The molecule has 1 unspecified atom stereocenters. The van der Waals surface area contributed by atoms with Crippen LogP contribution < -0.4 is 5.73 Å². The summed E-state index contributed by atoms with van der Waals surface area (Å²) in [5.41, 5.74) is 7.98. The number of nitrogens with two attached hydrogens (primary N) is 1. The Balaban J connectivity index is 3.08. The Bertz CT molecular complexity index is 368. The largest absolute Gasteiger partial charge is 0.398 e. The van der Waals surface area contributed by atoms with Gasteiger partial charge in [-0.05, 0) is 29.9 Å². The van der Waals surface area contributed by atoms with Crippen LogP contribution in [0.3, 0.4) is 0 Å². The first kappa shape index (κ1) is 12.3. The fourth-order valence-electron chi connectivity index (χ4n) is 1.47. The van der Waals surface area contributed by atoms with Crippen molar-refractivity contribution < 1.29 is 0 Å². The summed E-state index contributed by atoms with van der Waals surface area (Å²) in [6.45, 7) is 15.0. The van der Waals surface area contributed by atoms with Gasteiger partial charge in [0.2, 0.25) is 0 Å². The highest BCUT2D eigenvalue weighted by atomic mass is 32.1. The summed E-state index contributed by atoms with van der Waals surface area (Å²) in [5, 5.41) is 0. The number of rotatable bonds is 2. The van der Waals surface area contributed by atoms with Crippen molar-refractivity contribution in [3.05, 3.63) is 28.0 Å². The molecule has 0 aliphatic rings. The van der Waals surface area contributed by atoms with Crippen LogP contribution in [0.2, 0.25) is 0 Å². The molecule has 1 nitrogen and oxygen atoms in total. The SMILES string of the molecule is C=C(N)c1sc(C(C)C(C)(C)C)cc1C. The van der Waals surface area contributed by atoms with Crippen molar-refractivity contribution in [1.82, 2.24) is 0 Å². The minimum absolute atomic E-state index is 0.296. The van der Waals surface area contributed by atoms with E-state index in [-0.39, 0.29) is 0 Å². The molecule has 0 spiro atoms. The van der Waals surface area contributed by atoms with Gasteiger partial charge in [0.15, 0.2) is 0 Å². The normalized spacial score (nSPS) is 13.9. The molecule has 2 N–H and O–H groups in total. The Morgan fingerprint density at radius 2 is 2.00 bits per heavy atom. The van der Waals surface area contributed by atoms with Gasteiger partial charge in [0.1, 0.15) is 0 Å². The maximum atomic E-state index is 5.75. The third-order valence-electron chi connectivity index (χ3n) is 2.95. The van der Waals surface area contributed by atoms with Crippen LogP contribution in [0.25, 0.3) is 5.70 Å². The zero-order valence-electron chi connectivity index (χ0n) is 10.3. The van der Waals surface area contributed by atoms with E-state index < -0.39 is 0 Å². The van der Waals surface area contributed by atoms with E-state index >= 15 is 0 Å². The summed E-state index contributed by atoms with van der Waals surface area (Å²) < 4.78 is 0. The van der Waals surface area contributed by atoms with E-state index in [2.05, 4.69) is 47.3 Å². The molecule has 0 fully saturated rings. The van der Waals surface area contributed by atoms with Crippen LogP contribution in [0.15, 0.2) is 12.6 Å². The van der Waals surface area contributed by atoms with E-state index in [9.17, 15) is 0 Å². The summed E-state index contributed by atoms with van der Waals surface area (Å²) in [5.74, 6) is 0.550. The van der Waals surface area contributed by atoms with Gasteiger partial charge in [-0.2, -0.15) is 0 Å². The standard InChI is InChI=1S/C13H21NS/c1-8-7-11(9(2)13(4,5)6)15-12(8)10(3)14/h7,9H,3,14H2,1-2,4-6H3. The number of hydrogen-bond donors (Lipinski definition) is 1. The lowest BCUT2D eigenvalue weighted by molar-refractivity contribution is 0.343. The second-order valence-electron chi connectivity index (χ2n) is 5.27. The van der Waals surface area contributed by atoms with Crippen molar-refractivity contribution in [2.75, 3.05) is 0 Å². The van der Waals surface area contributed by atoms with E-state index in [4.69, 9.17) is 5.73 Å². The number of thiophene rings is 1. The van der Waals surface area contributed by atoms with Gasteiger partial charge in [-0.3, -0.25) is 0 Å². The zero-order valence-corrected chi connectivity index (χ0v) is 11.2. The minimum Gasteiger partial charge on any atom is -0.398 e. The van der Waals surface area contributed by atoms with Gasteiger partial charge in [0, 0.05) is 10.6 Å². The van der Waals surface area contributed by atoms with Crippen LogP contribution in [0.1, 0.15) is 48.9 Å². The lowest BCUT2D eigenvalue weighted by atomic mass is 9.81. The van der Waals surface area contributed by atoms with E-state index in [1.165, 1.54) is 10.4 Å². The lowest BCUT2D eigenvalue weighted by Gasteiger charge is -2.26. The fraction of sp³-hybridized carbons (Fsp3) is 0.538. The average Bonchev–Trinajstić information content (AvgIpc) is 2.44. The first-order valence-corrected chi connectivity index (χ1v) is 6.10. The van der Waals surface area contributed by atoms with Crippen LogP contribution in [0.5, 0.6) is 0 Å². The Labute approximate surface area is 97.0 Å². The molecule has 2 heteroatoms. The topological polar surface area (TPSA) is 26.0 Å². The predicted molar refractivity (Wildman–Crippen MR) is 70.1 cm³/mol. The van der Waals surface area contributed by atoms with Crippen molar-refractivity contribution in [2.45, 2.75) is 40.5 Å². The molecule has 0 aromatic carbocycles. The summed E-state index contributed by atoms with van der Waals surface area (Å²) in [4.78, 5) is 2.54. The smallest absolute Gasteiger partial charge is 0.0525 e. The number of hydrogen-bond acceptors (Lipinski definition) is 2. The van der Waals surface area contributed by atoms with Crippen LogP contribution in [0, 0.1) is 12.3 Å². The van der Waals surface area contributed by atoms with Gasteiger partial charge < -0.3 is 5.73 Å². The molecule has 1 aromatic rings. The van der Waals surface area contributed by atoms with Crippen LogP contribution in [-0.4, -0.2) is 0 Å². The van der Waals surface area contributed by atoms with Gasteiger partial charge in [0.05, 0.1) is 4.88 Å². The molecule has 1 heterocycles. The third-order valence-corrected chi connectivity index (χ3v) is 4.45. The van der Waals surface area contributed by atoms with Gasteiger partial charge in [-0.1, -0.05) is 34.3 Å². The fourth-order valence-corrected chi connectivity index (χ4v) is 2.82. The second kappa shape index (κ2) is 4.01. The second-order valence-corrected chi connectivity index (χ2v) is 6.36. The summed E-state index contributed by atoms with van der Waals surface area (Å²) >= 11 is 1.78. The van der Waals surface area contributed by atoms with Gasteiger partial charge in [0.25, 0.3) is 0 Å². The van der Waals surface area contributed by atoms with Crippen molar-refractivity contribution in [3.63, 3.8) is 0 Å². The Morgan fingerprint density at radius 1 is 1.47 bits per heavy atom. The molecule has 0 saturated heterocycles. The van der Waals surface area contributed by atoms with Gasteiger partial charge >= 0.3 is 0 Å². The van der Waals surface area contributed by atoms with Crippen molar-refractivity contribution >= 4 is 17.0 Å². The molecule has 0 saturated carbocycles. The number of aryl methyl sites for hydroxylation is 1. The van der Waals surface area contributed by atoms with Crippen LogP contribution >= 0.6 is 11.3 Å². The highest BCUT2D eigenvalue weighted by Crippen LogP contribution is 2.39. The lowest BCUT2D eigenvalue weighted by Crippen LogP contribution is -2.13. The molecule has 84 valence electrons. The zero-order chi connectivity index (χ0) is 11.8. The molecule has 1 atom stereocenters. The quantitative estimate of drug-likeness (QED) is 0.801. The Morgan fingerprint density at radius 3 is 2.33 bits per heavy atom. The van der Waals surface area contributed by atoms with Gasteiger partial charge in [-0.15, -0.1) is 11.3 Å². The molecule has 15 heavy (non-hydrogen) atoms. The minimum atomic E-state index is 0.296. The average molecular weight is 223 g/mol. The van der Waals surface area contributed by atoms with Crippen molar-refractivity contribution in [3.8, 4) is 0 Å². The molecular formula is C13H21NS. The molecule has 0 aliphatic heterocycles. The molecule has 0 aliphatic carbocycles. The molecule has 1 aromatic heterocycles. The van der Waals surface area contributed by atoms with Gasteiger partial charge in [-0.25, -0.2) is 0 Å². The molecule has 0 amide bonds. The Hall–Kier alpha value is -0.760. The molecular weight excluding hydrogens is 202 g/mol. The summed E-state index contributed by atoms with van der Waals surface area (Å²) in [7, 11) is 0. The highest BCUT2D eigenvalue weighted by Gasteiger charge is 2.24. The van der Waals surface area contributed by atoms with E-state index in [1.54, 1.807) is 11.3 Å². The van der Waals surface area contributed by atoms with Crippen molar-refractivity contribution in [2.24, 2.45) is 11.1 Å². The highest BCUT2D eigenvalue weighted by molar-refractivity contribution is 7.13. The first-order chi connectivity index (χ1) is 6.73. The molecule has 0 bridgehead atoms.